The third-order valence-corrected chi connectivity index (χ3v) is 3.52. The van der Waals surface area contributed by atoms with Gasteiger partial charge in [0.25, 0.3) is 5.69 Å². The van der Waals surface area contributed by atoms with Crippen LogP contribution in [0.25, 0.3) is 11.4 Å². The normalized spacial score (nSPS) is 10.4. The van der Waals surface area contributed by atoms with E-state index in [9.17, 15) is 14.9 Å². The molecular formula is C17H14N4O4. The van der Waals surface area contributed by atoms with Crippen LogP contribution in [-0.2, 0) is 6.54 Å². The van der Waals surface area contributed by atoms with Crippen molar-refractivity contribution in [3.63, 3.8) is 0 Å². The minimum atomic E-state index is -0.481. The number of ketones is 1. The Hall–Kier alpha value is -3.55. The highest BCUT2D eigenvalue weighted by Crippen LogP contribution is 2.22. The molecule has 0 bridgehead atoms. The van der Waals surface area contributed by atoms with E-state index in [2.05, 4.69) is 15.5 Å². The fourth-order valence-electron chi connectivity index (χ4n) is 2.32. The quantitative estimate of drug-likeness (QED) is 0.416. The number of nitrogens with zero attached hydrogens (tertiary/aromatic N) is 3. The summed E-state index contributed by atoms with van der Waals surface area (Å²) in [5.41, 5.74) is 1.69. The van der Waals surface area contributed by atoms with Crippen LogP contribution < -0.4 is 5.32 Å². The Morgan fingerprint density at radius 1 is 1.24 bits per heavy atom. The Balaban J connectivity index is 1.76. The number of aromatic nitrogens is 2. The number of non-ortho nitro benzene ring substituents is 1. The molecule has 8 heteroatoms. The van der Waals surface area contributed by atoms with Crippen LogP contribution in [0.2, 0.25) is 0 Å². The minimum Gasteiger partial charge on any atom is -0.376 e. The van der Waals surface area contributed by atoms with Gasteiger partial charge in [0.2, 0.25) is 11.7 Å². The van der Waals surface area contributed by atoms with Crippen molar-refractivity contribution in [3.8, 4) is 11.4 Å². The molecule has 0 unspecified atom stereocenters. The van der Waals surface area contributed by atoms with E-state index in [1.807, 2.05) is 6.07 Å². The van der Waals surface area contributed by atoms with Crippen LogP contribution in [0.15, 0.2) is 53.1 Å². The molecule has 0 aliphatic rings. The van der Waals surface area contributed by atoms with E-state index in [0.29, 0.717) is 22.7 Å². The standard InChI is InChI=1S/C17H14N4O4/c1-11(22)14-7-2-3-8-15(14)18-10-16-19-17(20-25-16)12-5-4-6-13(9-12)21(23)24/h2-9,18H,10H2,1H3. The number of carbonyl (C=O) groups excluding carboxylic acids is 1. The molecule has 1 aromatic heterocycles. The molecule has 1 heterocycles. The van der Waals surface area contributed by atoms with Crippen molar-refractivity contribution in [3.05, 3.63) is 70.1 Å². The number of hydrogen-bond donors (Lipinski definition) is 1. The van der Waals surface area contributed by atoms with Gasteiger partial charge in [0.15, 0.2) is 5.78 Å². The van der Waals surface area contributed by atoms with Gasteiger partial charge in [-0.1, -0.05) is 29.4 Å². The molecule has 0 atom stereocenters. The van der Waals surface area contributed by atoms with Gasteiger partial charge in [-0.3, -0.25) is 14.9 Å². The molecule has 0 fully saturated rings. The van der Waals surface area contributed by atoms with Crippen LogP contribution in [0.1, 0.15) is 23.2 Å². The molecule has 0 amide bonds. The highest BCUT2D eigenvalue weighted by molar-refractivity contribution is 5.99. The highest BCUT2D eigenvalue weighted by Gasteiger charge is 2.13. The fourth-order valence-corrected chi connectivity index (χ4v) is 2.32. The van der Waals surface area contributed by atoms with E-state index in [0.717, 1.165) is 0 Å². The van der Waals surface area contributed by atoms with Crippen molar-refractivity contribution in [2.75, 3.05) is 5.32 Å². The molecule has 8 nitrogen and oxygen atoms in total. The van der Waals surface area contributed by atoms with Gasteiger partial charge < -0.3 is 9.84 Å². The van der Waals surface area contributed by atoms with E-state index in [1.54, 1.807) is 30.3 Å². The molecule has 0 aliphatic carbocycles. The lowest BCUT2D eigenvalue weighted by atomic mass is 10.1. The topological polar surface area (TPSA) is 111 Å². The van der Waals surface area contributed by atoms with Gasteiger partial charge in [0.1, 0.15) is 0 Å². The van der Waals surface area contributed by atoms with Crippen molar-refractivity contribution in [2.45, 2.75) is 13.5 Å². The summed E-state index contributed by atoms with van der Waals surface area (Å²) in [7, 11) is 0. The zero-order valence-corrected chi connectivity index (χ0v) is 13.3. The van der Waals surface area contributed by atoms with E-state index < -0.39 is 4.92 Å². The number of carbonyl (C=O) groups is 1. The van der Waals surface area contributed by atoms with E-state index >= 15 is 0 Å². The second-order valence-corrected chi connectivity index (χ2v) is 5.27. The highest BCUT2D eigenvalue weighted by atomic mass is 16.6. The molecule has 0 spiro atoms. The molecular weight excluding hydrogens is 324 g/mol. The van der Waals surface area contributed by atoms with Gasteiger partial charge in [-0.25, -0.2) is 0 Å². The zero-order valence-electron chi connectivity index (χ0n) is 13.3. The maximum absolute atomic E-state index is 11.6. The first kappa shape index (κ1) is 16.3. The summed E-state index contributed by atoms with van der Waals surface area (Å²) in [4.78, 5) is 26.2. The molecule has 0 saturated carbocycles. The largest absolute Gasteiger partial charge is 0.376 e. The van der Waals surface area contributed by atoms with Crippen LogP contribution in [0.5, 0.6) is 0 Å². The number of hydrogen-bond acceptors (Lipinski definition) is 7. The SMILES string of the molecule is CC(=O)c1ccccc1NCc1nc(-c2cccc([N+](=O)[O-])c2)no1. The summed E-state index contributed by atoms with van der Waals surface area (Å²) < 4.78 is 5.16. The first-order chi connectivity index (χ1) is 12.0. The summed E-state index contributed by atoms with van der Waals surface area (Å²) >= 11 is 0. The Kier molecular flexibility index (Phi) is 4.51. The lowest BCUT2D eigenvalue weighted by Gasteiger charge is -2.07. The van der Waals surface area contributed by atoms with E-state index in [1.165, 1.54) is 19.1 Å². The van der Waals surface area contributed by atoms with Gasteiger partial charge in [0.05, 0.1) is 11.5 Å². The maximum atomic E-state index is 11.6. The molecule has 3 rings (SSSR count). The summed E-state index contributed by atoms with van der Waals surface area (Å²) in [5.74, 6) is 0.520. The molecule has 0 saturated heterocycles. The molecule has 0 radical (unpaired) electrons. The lowest BCUT2D eigenvalue weighted by Crippen LogP contribution is -2.05. The smallest absolute Gasteiger partial charge is 0.270 e. The van der Waals surface area contributed by atoms with Crippen LogP contribution in [0.3, 0.4) is 0 Å². The predicted octanol–water partition coefficient (Wildman–Crippen LogP) is 3.46. The van der Waals surface area contributed by atoms with Crippen molar-refractivity contribution >= 4 is 17.2 Å². The summed E-state index contributed by atoms with van der Waals surface area (Å²) in [6, 6.07) is 13.1. The third kappa shape index (κ3) is 3.69. The summed E-state index contributed by atoms with van der Waals surface area (Å²) in [6.45, 7) is 1.72. The summed E-state index contributed by atoms with van der Waals surface area (Å²) in [5, 5.41) is 17.8. The number of para-hydroxylation sites is 1. The molecule has 25 heavy (non-hydrogen) atoms. The van der Waals surface area contributed by atoms with Gasteiger partial charge >= 0.3 is 0 Å². The van der Waals surface area contributed by atoms with Crippen molar-refractivity contribution in [1.29, 1.82) is 0 Å². The van der Waals surface area contributed by atoms with Crippen LogP contribution in [-0.4, -0.2) is 20.8 Å². The average Bonchev–Trinajstić information content (AvgIpc) is 3.09. The van der Waals surface area contributed by atoms with Gasteiger partial charge in [-0.15, -0.1) is 0 Å². The number of anilines is 1. The van der Waals surface area contributed by atoms with Gasteiger partial charge in [0, 0.05) is 28.9 Å². The van der Waals surface area contributed by atoms with E-state index in [4.69, 9.17) is 4.52 Å². The second-order valence-electron chi connectivity index (χ2n) is 5.27. The molecule has 0 aliphatic heterocycles. The predicted molar refractivity (Wildman–Crippen MR) is 90.2 cm³/mol. The molecule has 2 aromatic carbocycles. The molecule has 1 N–H and O–H groups in total. The number of nitro groups is 1. The second kappa shape index (κ2) is 6.91. The Morgan fingerprint density at radius 3 is 2.80 bits per heavy atom. The third-order valence-electron chi connectivity index (χ3n) is 3.52. The Labute approximate surface area is 142 Å². The number of nitro benzene ring substituents is 1. The van der Waals surface area contributed by atoms with Crippen LogP contribution in [0, 0.1) is 10.1 Å². The fraction of sp³-hybridized carbons (Fsp3) is 0.118. The number of benzene rings is 2. The van der Waals surface area contributed by atoms with Crippen molar-refractivity contribution in [2.24, 2.45) is 0 Å². The minimum absolute atomic E-state index is 0.0441. The first-order valence-electron chi connectivity index (χ1n) is 7.46. The van der Waals surface area contributed by atoms with Crippen LogP contribution >= 0.6 is 0 Å². The van der Waals surface area contributed by atoms with Gasteiger partial charge in [-0.2, -0.15) is 4.98 Å². The first-order valence-corrected chi connectivity index (χ1v) is 7.46. The van der Waals surface area contributed by atoms with Crippen molar-refractivity contribution in [1.82, 2.24) is 10.1 Å². The monoisotopic (exact) mass is 338 g/mol. The molecule has 126 valence electrons. The number of Topliss-reactive ketones (excluding diaryl/α,β-unsaturated/α-hetero) is 1. The van der Waals surface area contributed by atoms with Gasteiger partial charge in [-0.05, 0) is 19.1 Å². The summed E-state index contributed by atoms with van der Waals surface area (Å²) in [6.07, 6.45) is 0. The van der Waals surface area contributed by atoms with Crippen molar-refractivity contribution < 1.29 is 14.2 Å². The number of rotatable bonds is 6. The van der Waals surface area contributed by atoms with Crippen LogP contribution in [0.4, 0.5) is 11.4 Å². The van der Waals surface area contributed by atoms with E-state index in [-0.39, 0.29) is 23.8 Å². The Bertz CT molecular complexity index is 936. The molecule has 3 aromatic rings. The Morgan fingerprint density at radius 2 is 2.04 bits per heavy atom. The average molecular weight is 338 g/mol. The lowest BCUT2D eigenvalue weighted by molar-refractivity contribution is -0.384. The maximum Gasteiger partial charge on any atom is 0.270 e. The zero-order chi connectivity index (χ0) is 17.8. The number of nitrogens with one attached hydrogen (secondary N) is 1.